The number of thioether (sulfide) groups is 1. The van der Waals surface area contributed by atoms with Gasteiger partial charge in [0.2, 0.25) is 0 Å². The molecule has 2 aromatic rings. The number of nitrogens with zero attached hydrogens (tertiary/aromatic N) is 1. The Hall–Kier alpha value is -2.45. The number of carboxylic acid groups (broad SMARTS) is 1. The van der Waals surface area contributed by atoms with Gasteiger partial charge in [0.05, 0.1) is 5.56 Å². The molecule has 0 fully saturated rings. The van der Waals surface area contributed by atoms with Crippen LogP contribution in [0.25, 0.3) is 0 Å². The summed E-state index contributed by atoms with van der Waals surface area (Å²) in [4.78, 5) is 11.7. The fourth-order valence-electron chi connectivity index (χ4n) is 1.70. The van der Waals surface area contributed by atoms with E-state index in [9.17, 15) is 10.1 Å². The highest BCUT2D eigenvalue weighted by Crippen LogP contribution is 2.31. The van der Waals surface area contributed by atoms with Crippen molar-refractivity contribution < 1.29 is 14.6 Å². The summed E-state index contributed by atoms with van der Waals surface area (Å²) >= 11 is 1.46. The molecule has 0 saturated heterocycles. The average molecular weight is 285 g/mol. The molecule has 0 unspecified atom stereocenters. The Morgan fingerprint density at radius 2 is 2.05 bits per heavy atom. The van der Waals surface area contributed by atoms with Gasteiger partial charge in [-0.1, -0.05) is 12.1 Å². The summed E-state index contributed by atoms with van der Waals surface area (Å²) in [7, 11) is 0. The first-order chi connectivity index (χ1) is 9.65. The van der Waals surface area contributed by atoms with Crippen molar-refractivity contribution in [2.24, 2.45) is 0 Å². The lowest BCUT2D eigenvalue weighted by Gasteiger charge is -2.10. The minimum atomic E-state index is -1.02. The molecular weight excluding hydrogens is 274 g/mol. The van der Waals surface area contributed by atoms with Crippen molar-refractivity contribution in [2.45, 2.75) is 4.90 Å². The highest BCUT2D eigenvalue weighted by Gasteiger charge is 2.10. The summed E-state index contributed by atoms with van der Waals surface area (Å²) in [6, 6.07) is 13.6. The summed E-state index contributed by atoms with van der Waals surface area (Å²) < 4.78 is 5.63. The Kier molecular flexibility index (Phi) is 4.28. The van der Waals surface area contributed by atoms with Gasteiger partial charge in [0.25, 0.3) is 0 Å². The lowest BCUT2D eigenvalue weighted by atomic mass is 10.2. The molecule has 0 atom stereocenters. The van der Waals surface area contributed by atoms with E-state index in [0.717, 1.165) is 4.90 Å². The van der Waals surface area contributed by atoms with Crippen LogP contribution in [0.1, 0.15) is 15.9 Å². The molecule has 0 aliphatic rings. The molecule has 2 aromatic carbocycles. The molecule has 5 heteroatoms. The SMILES string of the molecule is CSc1cccc(Oc2cccc(C(=O)O)c2)c1C#N. The van der Waals surface area contributed by atoms with E-state index in [0.29, 0.717) is 17.1 Å². The predicted molar refractivity (Wildman–Crippen MR) is 76.4 cm³/mol. The van der Waals surface area contributed by atoms with Gasteiger partial charge in [-0.3, -0.25) is 0 Å². The van der Waals surface area contributed by atoms with Crippen LogP contribution >= 0.6 is 11.8 Å². The van der Waals surface area contributed by atoms with Crippen LogP contribution in [0.3, 0.4) is 0 Å². The number of hydrogen-bond acceptors (Lipinski definition) is 4. The molecule has 0 bridgehead atoms. The fraction of sp³-hybridized carbons (Fsp3) is 0.0667. The van der Waals surface area contributed by atoms with Crippen molar-refractivity contribution in [3.05, 3.63) is 53.6 Å². The van der Waals surface area contributed by atoms with E-state index >= 15 is 0 Å². The summed E-state index contributed by atoms with van der Waals surface area (Å²) in [5, 5.41) is 18.2. The van der Waals surface area contributed by atoms with E-state index < -0.39 is 5.97 Å². The topological polar surface area (TPSA) is 70.3 Å². The van der Waals surface area contributed by atoms with Crippen molar-refractivity contribution in [3.63, 3.8) is 0 Å². The van der Waals surface area contributed by atoms with Gasteiger partial charge in [-0.05, 0) is 36.6 Å². The number of ether oxygens (including phenoxy) is 1. The Labute approximate surface area is 120 Å². The zero-order chi connectivity index (χ0) is 14.5. The Balaban J connectivity index is 2.38. The van der Waals surface area contributed by atoms with Crippen LogP contribution in [-0.2, 0) is 0 Å². The van der Waals surface area contributed by atoms with Gasteiger partial charge >= 0.3 is 5.97 Å². The Bertz CT molecular complexity index is 692. The van der Waals surface area contributed by atoms with Crippen molar-refractivity contribution in [1.82, 2.24) is 0 Å². The van der Waals surface area contributed by atoms with Crippen molar-refractivity contribution in [3.8, 4) is 17.6 Å². The number of carbonyl (C=O) groups is 1. The second-order valence-corrected chi connectivity index (χ2v) is 4.73. The smallest absolute Gasteiger partial charge is 0.335 e. The lowest BCUT2D eigenvalue weighted by Crippen LogP contribution is -1.96. The van der Waals surface area contributed by atoms with Gasteiger partial charge in [0.15, 0.2) is 0 Å². The molecule has 0 aromatic heterocycles. The van der Waals surface area contributed by atoms with Gasteiger partial charge in [-0.2, -0.15) is 5.26 Å². The molecule has 0 spiro atoms. The standard InChI is InChI=1S/C15H11NO3S/c1-20-14-7-3-6-13(12(14)9-16)19-11-5-2-4-10(8-11)15(17)18/h2-8H,1H3,(H,17,18). The second kappa shape index (κ2) is 6.13. The molecule has 0 aliphatic carbocycles. The van der Waals surface area contributed by atoms with Crippen LogP contribution in [0.2, 0.25) is 0 Å². The summed E-state index contributed by atoms with van der Waals surface area (Å²) in [6.45, 7) is 0. The average Bonchev–Trinajstić information content (AvgIpc) is 2.47. The van der Waals surface area contributed by atoms with E-state index in [1.165, 1.54) is 23.9 Å². The third kappa shape index (κ3) is 2.92. The molecule has 2 rings (SSSR count). The van der Waals surface area contributed by atoms with Crippen LogP contribution < -0.4 is 4.74 Å². The van der Waals surface area contributed by atoms with Gasteiger partial charge in [0.1, 0.15) is 23.1 Å². The summed E-state index contributed by atoms with van der Waals surface area (Å²) in [6.07, 6.45) is 1.88. The van der Waals surface area contributed by atoms with Crippen LogP contribution in [0, 0.1) is 11.3 Å². The van der Waals surface area contributed by atoms with E-state index in [-0.39, 0.29) is 5.56 Å². The first-order valence-electron chi connectivity index (χ1n) is 5.74. The largest absolute Gasteiger partial charge is 0.478 e. The molecule has 4 nitrogen and oxygen atoms in total. The minimum Gasteiger partial charge on any atom is -0.478 e. The highest BCUT2D eigenvalue weighted by molar-refractivity contribution is 7.98. The number of nitriles is 1. The minimum absolute atomic E-state index is 0.141. The van der Waals surface area contributed by atoms with Gasteiger partial charge in [-0.25, -0.2) is 4.79 Å². The van der Waals surface area contributed by atoms with Crippen molar-refractivity contribution in [1.29, 1.82) is 5.26 Å². The molecule has 0 heterocycles. The quantitative estimate of drug-likeness (QED) is 0.866. The zero-order valence-corrected chi connectivity index (χ0v) is 11.5. The van der Waals surface area contributed by atoms with Crippen molar-refractivity contribution in [2.75, 3.05) is 6.26 Å². The summed E-state index contributed by atoms with van der Waals surface area (Å²) in [5.74, 6) is -0.213. The van der Waals surface area contributed by atoms with Crippen LogP contribution in [0.4, 0.5) is 0 Å². The maximum absolute atomic E-state index is 10.9. The van der Waals surface area contributed by atoms with E-state index in [1.54, 1.807) is 24.3 Å². The predicted octanol–water partition coefficient (Wildman–Crippen LogP) is 3.77. The van der Waals surface area contributed by atoms with E-state index in [2.05, 4.69) is 6.07 Å². The fourth-order valence-corrected chi connectivity index (χ4v) is 2.26. The molecule has 0 radical (unpaired) electrons. The first-order valence-corrected chi connectivity index (χ1v) is 6.96. The van der Waals surface area contributed by atoms with Crippen LogP contribution in [0.15, 0.2) is 47.4 Å². The molecule has 0 aliphatic heterocycles. The number of hydrogen-bond donors (Lipinski definition) is 1. The van der Waals surface area contributed by atoms with Gasteiger partial charge < -0.3 is 9.84 Å². The van der Waals surface area contributed by atoms with Crippen LogP contribution in [-0.4, -0.2) is 17.3 Å². The number of rotatable bonds is 4. The highest BCUT2D eigenvalue weighted by atomic mass is 32.2. The Morgan fingerprint density at radius 1 is 1.30 bits per heavy atom. The molecular formula is C15H11NO3S. The maximum Gasteiger partial charge on any atom is 0.335 e. The van der Waals surface area contributed by atoms with E-state index in [4.69, 9.17) is 9.84 Å². The molecule has 20 heavy (non-hydrogen) atoms. The van der Waals surface area contributed by atoms with E-state index in [1.807, 2.05) is 12.3 Å². The second-order valence-electron chi connectivity index (χ2n) is 3.88. The third-order valence-electron chi connectivity index (χ3n) is 2.63. The molecule has 1 N–H and O–H groups in total. The third-order valence-corrected chi connectivity index (χ3v) is 3.41. The molecule has 0 saturated carbocycles. The normalized spacial score (nSPS) is 9.80. The van der Waals surface area contributed by atoms with Crippen LogP contribution in [0.5, 0.6) is 11.5 Å². The number of aromatic carboxylic acids is 1. The summed E-state index contributed by atoms with van der Waals surface area (Å²) in [5.41, 5.74) is 0.586. The van der Waals surface area contributed by atoms with Gasteiger partial charge in [0, 0.05) is 4.90 Å². The monoisotopic (exact) mass is 285 g/mol. The maximum atomic E-state index is 10.9. The first kappa shape index (κ1) is 14.0. The Morgan fingerprint density at radius 3 is 2.70 bits per heavy atom. The molecule has 0 amide bonds. The number of benzene rings is 2. The zero-order valence-electron chi connectivity index (χ0n) is 10.7. The van der Waals surface area contributed by atoms with Crippen molar-refractivity contribution >= 4 is 17.7 Å². The lowest BCUT2D eigenvalue weighted by molar-refractivity contribution is 0.0696. The molecule has 100 valence electrons. The number of carboxylic acids is 1. The van der Waals surface area contributed by atoms with Gasteiger partial charge in [-0.15, -0.1) is 11.8 Å².